The van der Waals surface area contributed by atoms with Crippen LogP contribution < -0.4 is 26.6 Å². The Morgan fingerprint density at radius 2 is 1.81 bits per heavy atom. The van der Waals surface area contributed by atoms with Crippen molar-refractivity contribution in [1.82, 2.24) is 10.2 Å². The Kier molecular flexibility index (Phi) is 5.49. The van der Waals surface area contributed by atoms with Gasteiger partial charge in [-0.2, -0.15) is 5.10 Å². The number of fused-ring (bicyclic) bond motifs is 1. The van der Waals surface area contributed by atoms with E-state index in [4.69, 9.17) is 10.5 Å². The lowest BCUT2D eigenvalue weighted by molar-refractivity contribution is 0.0998. The molecule has 0 aliphatic heterocycles. The number of phenolic OH excluding ortho intramolecular Hbond substituents is 1. The number of nitrogens with two attached hydrogens (primary N) is 1. The van der Waals surface area contributed by atoms with Gasteiger partial charge in [0.25, 0.3) is 11.8 Å². The van der Waals surface area contributed by atoms with Gasteiger partial charge in [-0.3, -0.25) is 25.5 Å². The van der Waals surface area contributed by atoms with Crippen LogP contribution >= 0.6 is 0 Å². The number of nitrogens with zero attached hydrogens (tertiary/aromatic N) is 1. The molecule has 0 radical (unpaired) electrons. The lowest BCUT2D eigenvalue weighted by atomic mass is 10.0. The van der Waals surface area contributed by atoms with Crippen molar-refractivity contribution in [1.29, 1.82) is 0 Å². The number of aromatic hydroxyl groups is 1. The number of hydrogen-bond acceptors (Lipinski definition) is 7. The Morgan fingerprint density at radius 3 is 2.59 bits per heavy atom. The van der Waals surface area contributed by atoms with E-state index in [1.54, 1.807) is 42.5 Å². The van der Waals surface area contributed by atoms with Crippen molar-refractivity contribution in [2.24, 2.45) is 5.73 Å². The first-order valence-corrected chi connectivity index (χ1v) is 9.54. The molecule has 10 heteroatoms. The molecule has 0 unspecified atom stereocenters. The number of methoxy groups -OCH3 is 1. The van der Waals surface area contributed by atoms with Gasteiger partial charge >= 0.3 is 0 Å². The minimum Gasteiger partial charge on any atom is -0.505 e. The van der Waals surface area contributed by atoms with Crippen LogP contribution in [0.25, 0.3) is 10.8 Å². The molecule has 0 fully saturated rings. The van der Waals surface area contributed by atoms with Crippen molar-refractivity contribution in [3.05, 3.63) is 71.9 Å². The molecule has 10 nitrogen and oxygen atoms in total. The van der Waals surface area contributed by atoms with Gasteiger partial charge in [0.05, 0.1) is 24.6 Å². The van der Waals surface area contributed by atoms with Crippen molar-refractivity contribution in [3.63, 3.8) is 0 Å². The quantitative estimate of drug-likeness (QED) is 0.194. The molecule has 0 atom stereocenters. The van der Waals surface area contributed by atoms with Crippen molar-refractivity contribution in [2.45, 2.75) is 0 Å². The van der Waals surface area contributed by atoms with Gasteiger partial charge in [0.15, 0.2) is 11.6 Å². The smallest absolute Gasteiger partial charge is 0.259 e. The number of aromatic nitrogens is 2. The third kappa shape index (κ3) is 3.84. The van der Waals surface area contributed by atoms with Crippen LogP contribution in [-0.4, -0.2) is 34.2 Å². The molecule has 2 amide bonds. The summed E-state index contributed by atoms with van der Waals surface area (Å²) in [6.07, 6.45) is 1.28. The predicted molar refractivity (Wildman–Crippen MR) is 121 cm³/mol. The molecule has 0 bridgehead atoms. The van der Waals surface area contributed by atoms with Crippen LogP contribution in [0.4, 0.5) is 17.2 Å². The van der Waals surface area contributed by atoms with Crippen LogP contribution in [0.1, 0.15) is 20.7 Å². The normalized spacial score (nSPS) is 10.5. The zero-order valence-corrected chi connectivity index (χ0v) is 17.0. The number of hydrazine groups is 1. The Labute approximate surface area is 182 Å². The minimum absolute atomic E-state index is 0.0404. The number of carbonyl (C=O) groups excluding carboxylic acids is 2. The Hall–Kier alpha value is -4.73. The molecular formula is C22H20N6O4. The number of ether oxygens (including phenoxy) is 1. The summed E-state index contributed by atoms with van der Waals surface area (Å²) in [6.45, 7) is 0. The second-order valence-corrected chi connectivity index (χ2v) is 6.80. The molecule has 1 aromatic heterocycles. The molecule has 0 saturated heterocycles. The van der Waals surface area contributed by atoms with Crippen molar-refractivity contribution in [2.75, 3.05) is 23.3 Å². The molecule has 0 aliphatic rings. The van der Waals surface area contributed by atoms with E-state index < -0.39 is 11.8 Å². The molecule has 0 aliphatic carbocycles. The lowest BCUT2D eigenvalue weighted by Gasteiger charge is -2.17. The molecule has 0 saturated carbocycles. The number of carbonyl (C=O) groups is 2. The van der Waals surface area contributed by atoms with Crippen molar-refractivity contribution >= 4 is 39.8 Å². The standard InChI is InChI=1S/C22H20N6O4/c1-32-17-9-5-4-8-16(17)25-22(31)14-10-12-6-2-3-7-13(12)18(19(14)29)26-28-21-15(20(23)30)11-24-27-21/h2-11,26,29H,1H3,(H2,23,30)(H,25,31)(H2,24,27,28). The van der Waals surface area contributed by atoms with Crippen LogP contribution in [0.5, 0.6) is 11.5 Å². The summed E-state index contributed by atoms with van der Waals surface area (Å²) in [5.74, 6) is -0.796. The van der Waals surface area contributed by atoms with Crippen LogP contribution in [0.2, 0.25) is 0 Å². The topological polar surface area (TPSA) is 154 Å². The number of para-hydroxylation sites is 2. The van der Waals surface area contributed by atoms with E-state index in [1.807, 2.05) is 12.1 Å². The fraction of sp³-hybridized carbons (Fsp3) is 0.0455. The lowest BCUT2D eigenvalue weighted by Crippen LogP contribution is -2.17. The highest BCUT2D eigenvalue weighted by Crippen LogP contribution is 2.37. The first-order chi connectivity index (χ1) is 15.5. The molecule has 32 heavy (non-hydrogen) atoms. The van der Waals surface area contributed by atoms with Crippen LogP contribution in [0.3, 0.4) is 0 Å². The van der Waals surface area contributed by atoms with E-state index in [0.29, 0.717) is 22.2 Å². The summed E-state index contributed by atoms with van der Waals surface area (Å²) in [5.41, 5.74) is 11.8. The minimum atomic E-state index is -0.679. The first-order valence-electron chi connectivity index (χ1n) is 9.54. The van der Waals surface area contributed by atoms with E-state index >= 15 is 0 Å². The summed E-state index contributed by atoms with van der Waals surface area (Å²) in [5, 5.41) is 21.5. The van der Waals surface area contributed by atoms with Crippen molar-refractivity contribution < 1.29 is 19.4 Å². The maximum absolute atomic E-state index is 13.0. The van der Waals surface area contributed by atoms with E-state index in [9.17, 15) is 14.7 Å². The summed E-state index contributed by atoms with van der Waals surface area (Å²) in [4.78, 5) is 24.5. The van der Waals surface area contributed by atoms with Gasteiger partial charge in [-0.05, 0) is 23.6 Å². The average molecular weight is 432 g/mol. The summed E-state index contributed by atoms with van der Waals surface area (Å²) in [7, 11) is 1.50. The highest BCUT2D eigenvalue weighted by Gasteiger charge is 2.20. The third-order valence-corrected chi connectivity index (χ3v) is 4.84. The number of nitrogens with one attached hydrogen (secondary N) is 4. The fourth-order valence-corrected chi connectivity index (χ4v) is 3.27. The Bertz CT molecular complexity index is 1320. The number of phenols is 1. The number of H-pyrrole nitrogens is 1. The number of amides is 2. The SMILES string of the molecule is COc1ccccc1NC(=O)c1cc2ccccc2c(NNc2[nH]ncc2C(N)=O)c1O. The zero-order chi connectivity index (χ0) is 22.7. The van der Waals surface area contributed by atoms with Crippen LogP contribution in [0, 0.1) is 0 Å². The van der Waals surface area contributed by atoms with E-state index in [-0.39, 0.29) is 28.4 Å². The molecule has 162 valence electrons. The monoisotopic (exact) mass is 432 g/mol. The van der Waals surface area contributed by atoms with E-state index in [0.717, 1.165) is 0 Å². The average Bonchev–Trinajstić information content (AvgIpc) is 3.27. The fourth-order valence-electron chi connectivity index (χ4n) is 3.27. The predicted octanol–water partition coefficient (Wildman–Crippen LogP) is 3.07. The van der Waals surface area contributed by atoms with Gasteiger partial charge in [0, 0.05) is 5.39 Å². The molecular weight excluding hydrogens is 412 g/mol. The number of aromatic amines is 1. The Morgan fingerprint density at radius 1 is 1.06 bits per heavy atom. The second-order valence-electron chi connectivity index (χ2n) is 6.80. The van der Waals surface area contributed by atoms with Crippen LogP contribution in [-0.2, 0) is 0 Å². The molecule has 4 rings (SSSR count). The highest BCUT2D eigenvalue weighted by molar-refractivity contribution is 6.12. The maximum Gasteiger partial charge on any atom is 0.259 e. The van der Waals surface area contributed by atoms with Gasteiger partial charge in [0.1, 0.15) is 17.0 Å². The van der Waals surface area contributed by atoms with Crippen LogP contribution in [0.15, 0.2) is 60.8 Å². The molecule has 1 heterocycles. The van der Waals surface area contributed by atoms with Gasteiger partial charge < -0.3 is 20.9 Å². The zero-order valence-electron chi connectivity index (χ0n) is 17.0. The maximum atomic E-state index is 13.0. The number of benzene rings is 3. The number of hydrogen-bond donors (Lipinski definition) is 6. The van der Waals surface area contributed by atoms with Gasteiger partial charge in [-0.1, -0.05) is 36.4 Å². The third-order valence-electron chi connectivity index (χ3n) is 4.84. The summed E-state index contributed by atoms with van der Waals surface area (Å²) >= 11 is 0. The molecule has 4 aromatic rings. The van der Waals surface area contributed by atoms with Crippen molar-refractivity contribution in [3.8, 4) is 11.5 Å². The Balaban J connectivity index is 1.71. The largest absolute Gasteiger partial charge is 0.505 e. The molecule has 0 spiro atoms. The number of rotatable bonds is 7. The van der Waals surface area contributed by atoms with E-state index in [1.165, 1.54) is 13.3 Å². The van der Waals surface area contributed by atoms with E-state index in [2.05, 4.69) is 26.4 Å². The van der Waals surface area contributed by atoms with Gasteiger partial charge in [0.2, 0.25) is 0 Å². The first kappa shape index (κ1) is 20.5. The van der Waals surface area contributed by atoms with Gasteiger partial charge in [-0.25, -0.2) is 0 Å². The number of primary amides is 1. The summed E-state index contributed by atoms with van der Waals surface area (Å²) < 4.78 is 5.27. The number of anilines is 3. The summed E-state index contributed by atoms with van der Waals surface area (Å²) in [6, 6.07) is 15.7. The molecule has 3 aromatic carbocycles. The molecule has 7 N–H and O–H groups in total. The second kappa shape index (κ2) is 8.56. The van der Waals surface area contributed by atoms with Gasteiger partial charge in [-0.15, -0.1) is 0 Å². The highest BCUT2D eigenvalue weighted by atomic mass is 16.5.